The molecule has 1 fully saturated rings. The lowest BCUT2D eigenvalue weighted by atomic mass is 10.0. The lowest BCUT2D eigenvalue weighted by Crippen LogP contribution is -2.59. The van der Waals surface area contributed by atoms with E-state index in [4.69, 9.17) is 23.7 Å². The summed E-state index contributed by atoms with van der Waals surface area (Å²) in [6.07, 6.45) is -1.29. The van der Waals surface area contributed by atoms with E-state index >= 15 is 0 Å². The summed E-state index contributed by atoms with van der Waals surface area (Å²) in [4.78, 5) is 47.3. The van der Waals surface area contributed by atoms with Crippen molar-refractivity contribution < 1.29 is 42.9 Å². The maximum absolute atomic E-state index is 12.5. The number of carbonyl (C=O) groups is 4. The van der Waals surface area contributed by atoms with Crippen LogP contribution in [0.3, 0.4) is 0 Å². The molecule has 1 aliphatic heterocycles. The van der Waals surface area contributed by atoms with Crippen molar-refractivity contribution >= 4 is 29.8 Å². The first-order chi connectivity index (χ1) is 16.7. The summed E-state index contributed by atoms with van der Waals surface area (Å²) in [7, 11) is 0. The van der Waals surface area contributed by atoms with Gasteiger partial charge in [0.15, 0.2) is 18.0 Å². The van der Waals surface area contributed by atoms with Crippen LogP contribution in [0.5, 0.6) is 5.75 Å². The number of benzene rings is 2. The lowest BCUT2D eigenvalue weighted by molar-refractivity contribution is -0.259. The Morgan fingerprint density at radius 1 is 0.800 bits per heavy atom. The highest BCUT2D eigenvalue weighted by molar-refractivity contribution is 6.06. The summed E-state index contributed by atoms with van der Waals surface area (Å²) in [6, 6.07) is 15.7. The summed E-state index contributed by atoms with van der Waals surface area (Å²) in [6.45, 7) is 3.41. The second-order valence-electron chi connectivity index (χ2n) is 7.75. The van der Waals surface area contributed by atoms with Crippen molar-refractivity contribution in [3.05, 3.63) is 71.8 Å². The van der Waals surface area contributed by atoms with Crippen molar-refractivity contribution in [2.75, 3.05) is 6.61 Å². The maximum atomic E-state index is 12.5. The quantitative estimate of drug-likeness (QED) is 0.242. The van der Waals surface area contributed by atoms with Gasteiger partial charge in [-0.15, -0.1) is 0 Å². The largest absolute Gasteiger partial charge is 0.461 e. The van der Waals surface area contributed by atoms with E-state index in [0.29, 0.717) is 11.3 Å². The molecule has 2 aromatic carbocycles. The molecule has 0 aliphatic carbocycles. The molecule has 0 radical (unpaired) electrons. The second kappa shape index (κ2) is 11.9. The Bertz CT molecular complexity index is 1080. The van der Waals surface area contributed by atoms with Crippen LogP contribution in [-0.2, 0) is 33.3 Å². The molecule has 9 heteroatoms. The first kappa shape index (κ1) is 25.6. The minimum Gasteiger partial charge on any atom is -0.461 e. The number of hydrogen-bond acceptors (Lipinski definition) is 9. The average Bonchev–Trinajstić information content (AvgIpc) is 2.81. The summed E-state index contributed by atoms with van der Waals surface area (Å²) >= 11 is 0. The summed E-state index contributed by atoms with van der Waals surface area (Å²) in [5.41, 5.74) is 1.35. The van der Waals surface area contributed by atoms with Crippen LogP contribution >= 0.6 is 0 Å². The number of esters is 3. The van der Waals surface area contributed by atoms with Gasteiger partial charge < -0.3 is 23.7 Å². The van der Waals surface area contributed by atoms with Crippen molar-refractivity contribution in [2.24, 2.45) is 0 Å². The molecule has 2 aromatic rings. The van der Waals surface area contributed by atoms with E-state index in [1.165, 1.54) is 26.8 Å². The van der Waals surface area contributed by atoms with Crippen molar-refractivity contribution in [1.29, 1.82) is 0 Å². The first-order valence-electron chi connectivity index (χ1n) is 10.9. The predicted molar refractivity (Wildman–Crippen MR) is 123 cm³/mol. The van der Waals surface area contributed by atoms with E-state index in [1.807, 2.05) is 30.3 Å². The Hall–Kier alpha value is -3.98. The number of ketones is 1. The third-order valence-electron chi connectivity index (χ3n) is 4.92. The molecule has 35 heavy (non-hydrogen) atoms. The minimum absolute atomic E-state index is 0.152. The summed E-state index contributed by atoms with van der Waals surface area (Å²) < 4.78 is 27.3. The van der Waals surface area contributed by atoms with Gasteiger partial charge in [-0.2, -0.15) is 0 Å². The zero-order valence-corrected chi connectivity index (χ0v) is 19.5. The van der Waals surface area contributed by atoms with Gasteiger partial charge in [0, 0.05) is 26.3 Å². The van der Waals surface area contributed by atoms with E-state index in [1.54, 1.807) is 30.3 Å². The van der Waals surface area contributed by atoms with Gasteiger partial charge in [0.25, 0.3) is 0 Å². The molecule has 3 rings (SSSR count). The molecule has 0 saturated carbocycles. The topological polar surface area (TPSA) is 114 Å². The monoisotopic (exact) mass is 482 g/mol. The molecule has 4 unspecified atom stereocenters. The molecule has 0 N–H and O–H groups in total. The van der Waals surface area contributed by atoms with Crippen LogP contribution in [0.25, 0.3) is 6.08 Å². The minimum atomic E-state index is -1.20. The molecule has 1 saturated heterocycles. The zero-order chi connectivity index (χ0) is 25.4. The lowest BCUT2D eigenvalue weighted by Gasteiger charge is -2.40. The van der Waals surface area contributed by atoms with Crippen LogP contribution < -0.4 is 4.74 Å². The van der Waals surface area contributed by atoms with Gasteiger partial charge >= 0.3 is 17.9 Å². The molecule has 0 bridgehead atoms. The van der Waals surface area contributed by atoms with Crippen molar-refractivity contribution in [2.45, 2.75) is 45.4 Å². The molecule has 1 aliphatic rings. The summed E-state index contributed by atoms with van der Waals surface area (Å²) in [5, 5.41) is 0. The smallest absolute Gasteiger partial charge is 0.303 e. The molecule has 184 valence electrons. The third kappa shape index (κ3) is 7.51. The van der Waals surface area contributed by atoms with Crippen LogP contribution in [0, 0.1) is 0 Å². The normalized spacial score (nSPS) is 21.7. The molecule has 0 amide bonds. The van der Waals surface area contributed by atoms with Gasteiger partial charge in [0.1, 0.15) is 5.75 Å². The average molecular weight is 482 g/mol. The van der Waals surface area contributed by atoms with Gasteiger partial charge in [-0.1, -0.05) is 36.4 Å². The molecular formula is C26H26O9. The highest BCUT2D eigenvalue weighted by Crippen LogP contribution is 2.27. The number of carbonyl (C=O) groups excluding carboxylic acids is 4. The number of hydrogen-bond donors (Lipinski definition) is 0. The van der Waals surface area contributed by atoms with E-state index in [2.05, 4.69) is 0 Å². The fourth-order valence-electron chi connectivity index (χ4n) is 3.47. The van der Waals surface area contributed by atoms with Gasteiger partial charge in [-0.25, -0.2) is 0 Å². The van der Waals surface area contributed by atoms with Crippen LogP contribution in [-0.4, -0.2) is 54.9 Å². The van der Waals surface area contributed by atoms with Crippen LogP contribution in [0.1, 0.15) is 36.7 Å². The Morgan fingerprint density at radius 2 is 1.40 bits per heavy atom. The predicted octanol–water partition coefficient (Wildman–Crippen LogP) is 3.11. The molecule has 9 nitrogen and oxygen atoms in total. The van der Waals surface area contributed by atoms with E-state index in [9.17, 15) is 19.2 Å². The van der Waals surface area contributed by atoms with E-state index in [-0.39, 0.29) is 12.4 Å². The Morgan fingerprint density at radius 3 is 2.00 bits per heavy atom. The molecular weight excluding hydrogens is 456 g/mol. The van der Waals surface area contributed by atoms with Gasteiger partial charge in [-0.05, 0) is 35.9 Å². The highest BCUT2D eigenvalue weighted by atomic mass is 16.7. The van der Waals surface area contributed by atoms with Gasteiger partial charge in [0.2, 0.25) is 12.4 Å². The van der Waals surface area contributed by atoms with Crippen molar-refractivity contribution in [3.63, 3.8) is 0 Å². The van der Waals surface area contributed by atoms with E-state index < -0.39 is 42.5 Å². The second-order valence-corrected chi connectivity index (χ2v) is 7.75. The van der Waals surface area contributed by atoms with Crippen LogP contribution in [0.2, 0.25) is 0 Å². The fraction of sp³-hybridized carbons (Fsp3) is 0.308. The van der Waals surface area contributed by atoms with Gasteiger partial charge in [-0.3, -0.25) is 19.2 Å². The van der Waals surface area contributed by atoms with E-state index in [0.717, 1.165) is 5.56 Å². The van der Waals surface area contributed by atoms with Gasteiger partial charge in [0.05, 0.1) is 6.61 Å². The fourth-order valence-corrected chi connectivity index (χ4v) is 3.47. The Kier molecular flexibility index (Phi) is 8.74. The number of rotatable bonds is 8. The standard InChI is InChI=1S/C26H26O9/c1-16(27)32-23-15-31-26(25(34-18(3)29)24(23)33-17(2)28)35-21-12-10-20(11-13-21)22(30)14-9-19-7-5-4-6-8-19/h4-14,23-26H,15H2,1-3H3. The van der Waals surface area contributed by atoms with Crippen molar-refractivity contribution in [1.82, 2.24) is 0 Å². The maximum Gasteiger partial charge on any atom is 0.303 e. The molecule has 4 atom stereocenters. The molecule has 0 aromatic heterocycles. The number of ether oxygens (including phenoxy) is 5. The number of allylic oxidation sites excluding steroid dienone is 1. The molecule has 0 spiro atoms. The Balaban J connectivity index is 1.73. The zero-order valence-electron chi connectivity index (χ0n) is 19.5. The molecule has 1 heterocycles. The summed E-state index contributed by atoms with van der Waals surface area (Å²) in [5.74, 6) is -1.80. The van der Waals surface area contributed by atoms with Crippen LogP contribution in [0.4, 0.5) is 0 Å². The Labute approximate surface area is 202 Å². The SMILES string of the molecule is CC(=O)OC1COC(Oc2ccc(C(=O)C=Cc3ccccc3)cc2)C(OC(C)=O)C1OC(C)=O. The van der Waals surface area contributed by atoms with Crippen molar-refractivity contribution in [3.8, 4) is 5.75 Å². The van der Waals surface area contributed by atoms with Crippen LogP contribution in [0.15, 0.2) is 60.7 Å². The first-order valence-corrected chi connectivity index (χ1v) is 10.9. The third-order valence-corrected chi connectivity index (χ3v) is 4.92. The highest BCUT2D eigenvalue weighted by Gasteiger charge is 2.48.